The molecular weight excluding hydrogens is 511 g/mol. The van der Waals surface area contributed by atoms with Crippen molar-refractivity contribution in [3.05, 3.63) is 99.9 Å². The molecule has 3 aromatic carbocycles. The molecule has 0 atom stereocenters. The fraction of sp³-hybridized carbons (Fsp3) is 0.214. The van der Waals surface area contributed by atoms with Crippen molar-refractivity contribution >= 4 is 40.6 Å². The highest BCUT2D eigenvalue weighted by Gasteiger charge is 2.27. The summed E-state index contributed by atoms with van der Waals surface area (Å²) >= 11 is 12.4. The third-order valence-electron chi connectivity index (χ3n) is 6.42. The van der Waals surface area contributed by atoms with Crippen molar-refractivity contribution in [1.29, 1.82) is 0 Å². The predicted octanol–water partition coefficient (Wildman–Crippen LogP) is 6.13. The van der Waals surface area contributed by atoms with Gasteiger partial charge in [0.15, 0.2) is 5.78 Å². The molecule has 1 aromatic heterocycles. The van der Waals surface area contributed by atoms with Crippen LogP contribution < -0.4 is 5.32 Å². The van der Waals surface area contributed by atoms with Crippen LogP contribution in [0.4, 0.5) is 5.69 Å². The van der Waals surface area contributed by atoms with Crippen LogP contribution in [0.15, 0.2) is 77.3 Å². The standard InChI is InChI=1S/C28H24Cl2N4O3/c29-20-10-11-24(22(16-20)26(35)18-6-2-1-3-7-18)31-28(36)19-12-14-34(15-13-19)17-25-32-27(33-37-25)21-8-4-5-9-23(21)30/h1-11,16,19H,12-15,17H2,(H,31,36). The van der Waals surface area contributed by atoms with Crippen molar-refractivity contribution in [3.63, 3.8) is 0 Å². The summed E-state index contributed by atoms with van der Waals surface area (Å²) < 4.78 is 5.43. The molecule has 1 fully saturated rings. The van der Waals surface area contributed by atoms with E-state index in [4.69, 9.17) is 27.7 Å². The van der Waals surface area contributed by atoms with Crippen LogP contribution in [0.2, 0.25) is 10.0 Å². The SMILES string of the molecule is O=C(c1ccccc1)c1cc(Cl)ccc1NC(=O)C1CCN(Cc2nc(-c3ccccc3Cl)no2)CC1. The van der Waals surface area contributed by atoms with E-state index in [9.17, 15) is 9.59 Å². The first-order valence-electron chi connectivity index (χ1n) is 12.0. The number of anilines is 1. The molecule has 37 heavy (non-hydrogen) atoms. The Morgan fingerprint density at radius 1 is 0.973 bits per heavy atom. The average Bonchev–Trinajstić information content (AvgIpc) is 3.38. The van der Waals surface area contributed by atoms with E-state index >= 15 is 0 Å². The largest absolute Gasteiger partial charge is 0.338 e. The number of hydrogen-bond acceptors (Lipinski definition) is 6. The monoisotopic (exact) mass is 534 g/mol. The van der Waals surface area contributed by atoms with Gasteiger partial charge in [-0.25, -0.2) is 0 Å². The van der Waals surface area contributed by atoms with Gasteiger partial charge in [-0.05, 0) is 56.3 Å². The first-order chi connectivity index (χ1) is 18.0. The van der Waals surface area contributed by atoms with Crippen molar-refractivity contribution in [2.75, 3.05) is 18.4 Å². The number of amides is 1. The molecule has 5 rings (SSSR count). The third-order valence-corrected chi connectivity index (χ3v) is 6.98. The van der Waals surface area contributed by atoms with Gasteiger partial charge in [0.1, 0.15) is 0 Å². The van der Waals surface area contributed by atoms with Gasteiger partial charge in [-0.3, -0.25) is 14.5 Å². The van der Waals surface area contributed by atoms with E-state index in [1.165, 1.54) is 0 Å². The molecule has 0 saturated carbocycles. The van der Waals surface area contributed by atoms with Crippen LogP contribution in [-0.2, 0) is 11.3 Å². The second-order valence-electron chi connectivity index (χ2n) is 8.92. The number of benzene rings is 3. The molecule has 188 valence electrons. The summed E-state index contributed by atoms with van der Waals surface area (Å²) in [5.41, 5.74) is 2.09. The number of nitrogens with zero attached hydrogens (tertiary/aromatic N) is 3. The average molecular weight is 535 g/mol. The molecule has 4 aromatic rings. The molecule has 1 aliphatic heterocycles. The highest BCUT2D eigenvalue weighted by atomic mass is 35.5. The highest BCUT2D eigenvalue weighted by molar-refractivity contribution is 6.33. The molecule has 0 unspecified atom stereocenters. The van der Waals surface area contributed by atoms with Crippen molar-refractivity contribution in [2.45, 2.75) is 19.4 Å². The van der Waals surface area contributed by atoms with E-state index in [0.717, 1.165) is 5.56 Å². The van der Waals surface area contributed by atoms with E-state index in [2.05, 4.69) is 20.4 Å². The van der Waals surface area contributed by atoms with Gasteiger partial charge in [0.05, 0.1) is 17.3 Å². The summed E-state index contributed by atoms with van der Waals surface area (Å²) in [6.45, 7) is 1.91. The number of nitrogens with one attached hydrogen (secondary N) is 1. The lowest BCUT2D eigenvalue weighted by atomic mass is 9.95. The minimum absolute atomic E-state index is 0.108. The number of carbonyl (C=O) groups is 2. The molecular formula is C28H24Cl2N4O3. The highest BCUT2D eigenvalue weighted by Crippen LogP contribution is 2.28. The topological polar surface area (TPSA) is 88.3 Å². The normalized spacial score (nSPS) is 14.4. The maximum Gasteiger partial charge on any atom is 0.241 e. The molecule has 1 saturated heterocycles. The van der Waals surface area contributed by atoms with Gasteiger partial charge in [0.2, 0.25) is 17.6 Å². The number of likely N-dealkylation sites (tertiary alicyclic amines) is 1. The molecule has 7 nitrogen and oxygen atoms in total. The van der Waals surface area contributed by atoms with Crippen LogP contribution in [0.1, 0.15) is 34.7 Å². The molecule has 2 heterocycles. The fourth-order valence-electron chi connectivity index (χ4n) is 4.41. The van der Waals surface area contributed by atoms with Crippen LogP contribution in [0, 0.1) is 5.92 Å². The van der Waals surface area contributed by atoms with Gasteiger partial charge in [0, 0.05) is 27.6 Å². The number of rotatable bonds is 7. The Hall–Kier alpha value is -3.52. The second-order valence-corrected chi connectivity index (χ2v) is 9.76. The van der Waals surface area contributed by atoms with E-state index < -0.39 is 0 Å². The summed E-state index contributed by atoms with van der Waals surface area (Å²) in [6.07, 6.45) is 1.35. The summed E-state index contributed by atoms with van der Waals surface area (Å²) in [6, 6.07) is 21.2. The quantitative estimate of drug-likeness (QED) is 0.287. The van der Waals surface area contributed by atoms with Crippen molar-refractivity contribution in [1.82, 2.24) is 15.0 Å². The summed E-state index contributed by atoms with van der Waals surface area (Å²) in [5.74, 6) is 0.488. The smallest absolute Gasteiger partial charge is 0.241 e. The number of ketones is 1. The fourth-order valence-corrected chi connectivity index (χ4v) is 4.80. The Kier molecular flexibility index (Phi) is 7.65. The summed E-state index contributed by atoms with van der Waals surface area (Å²) in [5, 5.41) is 8.01. The van der Waals surface area contributed by atoms with Gasteiger partial charge >= 0.3 is 0 Å². The first kappa shape index (κ1) is 25.1. The zero-order chi connectivity index (χ0) is 25.8. The van der Waals surface area contributed by atoms with Gasteiger partial charge in [-0.2, -0.15) is 4.98 Å². The Bertz CT molecular complexity index is 1420. The summed E-state index contributed by atoms with van der Waals surface area (Å²) in [4.78, 5) is 32.8. The van der Waals surface area contributed by atoms with Gasteiger partial charge in [-0.1, -0.05) is 70.8 Å². The van der Waals surface area contributed by atoms with Crippen molar-refractivity contribution < 1.29 is 14.1 Å². The Morgan fingerprint density at radius 2 is 1.70 bits per heavy atom. The Labute approximate surface area is 224 Å². The Balaban J connectivity index is 1.19. The lowest BCUT2D eigenvalue weighted by Crippen LogP contribution is -2.38. The maximum atomic E-state index is 13.1. The van der Waals surface area contributed by atoms with Gasteiger partial charge in [0.25, 0.3) is 0 Å². The molecule has 0 spiro atoms. The molecule has 9 heteroatoms. The van der Waals surface area contributed by atoms with Crippen LogP contribution in [-0.4, -0.2) is 39.8 Å². The van der Waals surface area contributed by atoms with Crippen LogP contribution in [0.5, 0.6) is 0 Å². The maximum absolute atomic E-state index is 13.1. The minimum atomic E-state index is -0.191. The van der Waals surface area contributed by atoms with E-state index in [1.807, 2.05) is 24.3 Å². The zero-order valence-electron chi connectivity index (χ0n) is 19.9. The third kappa shape index (κ3) is 5.91. The van der Waals surface area contributed by atoms with Crippen LogP contribution in [0.3, 0.4) is 0 Å². The number of halogens is 2. The number of aromatic nitrogens is 2. The molecule has 1 amide bonds. The van der Waals surface area contributed by atoms with Crippen LogP contribution in [0.25, 0.3) is 11.4 Å². The lowest BCUT2D eigenvalue weighted by molar-refractivity contribution is -0.121. The molecule has 0 radical (unpaired) electrons. The van der Waals surface area contributed by atoms with E-state index in [0.29, 0.717) is 71.1 Å². The Morgan fingerprint density at radius 3 is 2.46 bits per heavy atom. The first-order valence-corrected chi connectivity index (χ1v) is 12.7. The zero-order valence-corrected chi connectivity index (χ0v) is 21.4. The lowest BCUT2D eigenvalue weighted by Gasteiger charge is -2.30. The molecule has 1 N–H and O–H groups in total. The van der Waals surface area contributed by atoms with E-state index in [1.54, 1.807) is 48.5 Å². The minimum Gasteiger partial charge on any atom is -0.338 e. The number of carbonyl (C=O) groups excluding carboxylic acids is 2. The molecule has 0 bridgehead atoms. The number of hydrogen-bond donors (Lipinski definition) is 1. The number of piperidine rings is 1. The predicted molar refractivity (Wildman–Crippen MR) is 143 cm³/mol. The van der Waals surface area contributed by atoms with Gasteiger partial charge in [-0.15, -0.1) is 0 Å². The van der Waals surface area contributed by atoms with Crippen molar-refractivity contribution in [3.8, 4) is 11.4 Å². The second kappa shape index (κ2) is 11.3. The van der Waals surface area contributed by atoms with Crippen molar-refractivity contribution in [2.24, 2.45) is 5.92 Å². The molecule has 0 aliphatic carbocycles. The van der Waals surface area contributed by atoms with Crippen LogP contribution >= 0.6 is 23.2 Å². The summed E-state index contributed by atoms with van der Waals surface area (Å²) in [7, 11) is 0. The van der Waals surface area contributed by atoms with Gasteiger partial charge < -0.3 is 9.84 Å². The molecule has 1 aliphatic rings. The van der Waals surface area contributed by atoms with E-state index in [-0.39, 0.29) is 17.6 Å².